The van der Waals surface area contributed by atoms with Crippen molar-refractivity contribution >= 4 is 0 Å². The molecule has 1 aromatic rings. The van der Waals surface area contributed by atoms with E-state index >= 15 is 0 Å². The van der Waals surface area contributed by atoms with Crippen molar-refractivity contribution in [2.24, 2.45) is 0 Å². The molecule has 1 aliphatic rings. The molecule has 15 heavy (non-hydrogen) atoms. The first-order valence-electron chi connectivity index (χ1n) is 5.46. The maximum Gasteiger partial charge on any atom is 0.0866 e. The molecule has 2 rings (SSSR count). The normalized spacial score (nSPS) is 13.9. The number of aryl methyl sites for hydroxylation is 2. The fourth-order valence-electron chi connectivity index (χ4n) is 2.21. The van der Waals surface area contributed by atoms with Gasteiger partial charge in [0.15, 0.2) is 0 Å². The number of nitrogens with zero attached hydrogens (tertiary/aromatic N) is 2. The highest BCUT2D eigenvalue weighted by Gasteiger charge is 2.11. The Morgan fingerprint density at radius 2 is 2.13 bits per heavy atom. The van der Waals surface area contributed by atoms with Gasteiger partial charge in [-0.3, -0.25) is 4.90 Å². The Balaban J connectivity index is 2.07. The van der Waals surface area contributed by atoms with E-state index in [1.807, 2.05) is 11.9 Å². The fourth-order valence-corrected chi connectivity index (χ4v) is 2.21. The monoisotopic (exact) mass is 200 g/mol. The minimum Gasteiger partial charge on any atom is -0.289 e. The van der Waals surface area contributed by atoms with Crippen LogP contribution in [0.5, 0.6) is 0 Å². The first kappa shape index (κ1) is 10.2. The lowest BCUT2D eigenvalue weighted by Crippen LogP contribution is -2.17. The number of hydrogen-bond donors (Lipinski definition) is 0. The first-order chi connectivity index (χ1) is 7.29. The summed E-state index contributed by atoms with van der Waals surface area (Å²) in [5, 5.41) is 8.58. The molecule has 0 aliphatic heterocycles. The molecule has 78 valence electrons. The van der Waals surface area contributed by atoms with Crippen LogP contribution in [0.15, 0.2) is 18.2 Å². The molecule has 0 bridgehead atoms. The number of rotatable bonds is 3. The SMILES string of the molecule is CN(CC#N)Cc1ccc2c(c1)CCC2. The summed E-state index contributed by atoms with van der Waals surface area (Å²) in [7, 11) is 1.98. The summed E-state index contributed by atoms with van der Waals surface area (Å²) in [5.41, 5.74) is 4.35. The highest BCUT2D eigenvalue weighted by atomic mass is 15.1. The molecule has 0 N–H and O–H groups in total. The number of fused-ring (bicyclic) bond motifs is 1. The Kier molecular flexibility index (Phi) is 3.03. The van der Waals surface area contributed by atoms with Gasteiger partial charge in [-0.05, 0) is 43.0 Å². The van der Waals surface area contributed by atoms with E-state index in [0.29, 0.717) is 6.54 Å². The van der Waals surface area contributed by atoms with Crippen LogP contribution in [0.2, 0.25) is 0 Å². The molecule has 1 aromatic carbocycles. The lowest BCUT2D eigenvalue weighted by Gasteiger charge is -2.13. The second kappa shape index (κ2) is 4.46. The van der Waals surface area contributed by atoms with Crippen molar-refractivity contribution in [1.29, 1.82) is 5.26 Å². The molecular formula is C13H16N2. The van der Waals surface area contributed by atoms with Gasteiger partial charge in [0, 0.05) is 6.54 Å². The van der Waals surface area contributed by atoms with E-state index in [-0.39, 0.29) is 0 Å². The third kappa shape index (κ3) is 2.37. The molecule has 0 fully saturated rings. The molecule has 0 heterocycles. The molecule has 0 spiro atoms. The Morgan fingerprint density at radius 3 is 2.93 bits per heavy atom. The Labute approximate surface area is 91.1 Å². The molecule has 0 saturated carbocycles. The second-order valence-corrected chi connectivity index (χ2v) is 4.29. The van der Waals surface area contributed by atoms with Crippen LogP contribution in [-0.2, 0) is 19.4 Å². The van der Waals surface area contributed by atoms with Gasteiger partial charge in [-0.25, -0.2) is 0 Å². The summed E-state index contributed by atoms with van der Waals surface area (Å²) in [5.74, 6) is 0. The zero-order chi connectivity index (χ0) is 10.7. The van der Waals surface area contributed by atoms with Gasteiger partial charge in [0.25, 0.3) is 0 Å². The molecule has 2 nitrogen and oxygen atoms in total. The predicted molar refractivity (Wildman–Crippen MR) is 60.4 cm³/mol. The molecule has 0 radical (unpaired) electrons. The van der Waals surface area contributed by atoms with Crippen molar-refractivity contribution in [3.05, 3.63) is 34.9 Å². The highest BCUT2D eigenvalue weighted by Crippen LogP contribution is 2.23. The van der Waals surface area contributed by atoms with E-state index in [0.717, 1.165) is 6.54 Å². The van der Waals surface area contributed by atoms with Gasteiger partial charge in [-0.1, -0.05) is 18.2 Å². The van der Waals surface area contributed by atoms with Gasteiger partial charge in [0.2, 0.25) is 0 Å². The largest absolute Gasteiger partial charge is 0.289 e. The van der Waals surface area contributed by atoms with Crippen LogP contribution in [0.4, 0.5) is 0 Å². The predicted octanol–water partition coefficient (Wildman–Crippen LogP) is 2.13. The van der Waals surface area contributed by atoms with Crippen LogP contribution < -0.4 is 0 Å². The lowest BCUT2D eigenvalue weighted by atomic mass is 10.1. The van der Waals surface area contributed by atoms with Crippen LogP contribution in [0.1, 0.15) is 23.1 Å². The van der Waals surface area contributed by atoms with E-state index in [4.69, 9.17) is 5.26 Å². The first-order valence-corrected chi connectivity index (χ1v) is 5.46. The van der Waals surface area contributed by atoms with Crippen molar-refractivity contribution in [1.82, 2.24) is 4.90 Å². The molecule has 0 atom stereocenters. The number of benzene rings is 1. The van der Waals surface area contributed by atoms with E-state index < -0.39 is 0 Å². The van der Waals surface area contributed by atoms with Crippen molar-refractivity contribution in [3.63, 3.8) is 0 Å². The van der Waals surface area contributed by atoms with Crippen molar-refractivity contribution < 1.29 is 0 Å². The summed E-state index contributed by atoms with van der Waals surface area (Å²) < 4.78 is 0. The van der Waals surface area contributed by atoms with E-state index in [2.05, 4.69) is 24.3 Å². The second-order valence-electron chi connectivity index (χ2n) is 4.29. The van der Waals surface area contributed by atoms with E-state index in [1.165, 1.54) is 36.0 Å². The summed E-state index contributed by atoms with van der Waals surface area (Å²) in [4.78, 5) is 2.04. The quantitative estimate of drug-likeness (QED) is 0.699. The molecule has 0 unspecified atom stereocenters. The number of hydrogen-bond acceptors (Lipinski definition) is 2. The maximum atomic E-state index is 8.58. The summed E-state index contributed by atoms with van der Waals surface area (Å²) >= 11 is 0. The third-order valence-corrected chi connectivity index (χ3v) is 2.96. The highest BCUT2D eigenvalue weighted by molar-refractivity contribution is 5.35. The lowest BCUT2D eigenvalue weighted by molar-refractivity contribution is 0.367. The average molecular weight is 200 g/mol. The van der Waals surface area contributed by atoms with Gasteiger partial charge in [0.1, 0.15) is 0 Å². The molecule has 0 saturated heterocycles. The van der Waals surface area contributed by atoms with E-state index in [1.54, 1.807) is 0 Å². The van der Waals surface area contributed by atoms with Crippen molar-refractivity contribution in [3.8, 4) is 6.07 Å². The van der Waals surface area contributed by atoms with Gasteiger partial charge < -0.3 is 0 Å². The van der Waals surface area contributed by atoms with Gasteiger partial charge >= 0.3 is 0 Å². The molecule has 0 amide bonds. The minimum absolute atomic E-state index is 0.497. The van der Waals surface area contributed by atoms with Crippen molar-refractivity contribution in [2.45, 2.75) is 25.8 Å². The zero-order valence-electron chi connectivity index (χ0n) is 9.16. The van der Waals surface area contributed by atoms with Crippen LogP contribution in [0.25, 0.3) is 0 Å². The topological polar surface area (TPSA) is 27.0 Å². The van der Waals surface area contributed by atoms with Crippen LogP contribution in [0, 0.1) is 11.3 Å². The molecule has 2 heteroatoms. The maximum absolute atomic E-state index is 8.58. The average Bonchev–Trinajstić information content (AvgIpc) is 2.65. The van der Waals surface area contributed by atoms with Crippen molar-refractivity contribution in [2.75, 3.05) is 13.6 Å². The summed E-state index contributed by atoms with van der Waals surface area (Å²) in [6, 6.07) is 8.91. The zero-order valence-corrected chi connectivity index (χ0v) is 9.16. The smallest absolute Gasteiger partial charge is 0.0866 e. The van der Waals surface area contributed by atoms with E-state index in [9.17, 15) is 0 Å². The van der Waals surface area contributed by atoms with Crippen LogP contribution in [0.3, 0.4) is 0 Å². The van der Waals surface area contributed by atoms with Gasteiger partial charge in [0.05, 0.1) is 12.6 Å². The standard InChI is InChI=1S/C13H16N2/c1-15(8-7-14)10-11-5-6-12-3-2-4-13(12)9-11/h5-6,9H,2-4,8,10H2,1H3. The number of nitriles is 1. The Hall–Kier alpha value is -1.33. The molecule has 1 aliphatic carbocycles. The molecular weight excluding hydrogens is 184 g/mol. The molecule has 0 aromatic heterocycles. The summed E-state index contributed by atoms with van der Waals surface area (Å²) in [6.07, 6.45) is 3.77. The van der Waals surface area contributed by atoms with Crippen LogP contribution >= 0.6 is 0 Å². The van der Waals surface area contributed by atoms with Crippen LogP contribution in [-0.4, -0.2) is 18.5 Å². The third-order valence-electron chi connectivity index (χ3n) is 2.96. The van der Waals surface area contributed by atoms with Gasteiger partial charge in [-0.2, -0.15) is 5.26 Å². The minimum atomic E-state index is 0.497. The van der Waals surface area contributed by atoms with Gasteiger partial charge in [-0.15, -0.1) is 0 Å². The fraction of sp³-hybridized carbons (Fsp3) is 0.462. The Morgan fingerprint density at radius 1 is 1.33 bits per heavy atom. The Bertz CT molecular complexity index is 390. The summed E-state index contributed by atoms with van der Waals surface area (Å²) in [6.45, 7) is 1.37.